The monoisotopic (exact) mass is 265 g/mol. The number of hydrogen-bond acceptors (Lipinski definition) is 6. The Labute approximate surface area is 112 Å². The van der Waals surface area contributed by atoms with Gasteiger partial charge in [-0.15, -0.1) is 0 Å². The van der Waals surface area contributed by atoms with Crippen molar-refractivity contribution in [2.45, 2.75) is 39.3 Å². The number of esters is 1. The lowest BCUT2D eigenvalue weighted by atomic mass is 9.64. The molecule has 19 heavy (non-hydrogen) atoms. The van der Waals surface area contributed by atoms with Crippen LogP contribution in [-0.4, -0.2) is 40.3 Å². The van der Waals surface area contributed by atoms with Gasteiger partial charge >= 0.3 is 5.97 Å². The third-order valence-corrected chi connectivity index (χ3v) is 3.76. The van der Waals surface area contributed by atoms with E-state index in [0.29, 0.717) is 17.9 Å². The van der Waals surface area contributed by atoms with Gasteiger partial charge < -0.3 is 15.2 Å². The second-order valence-electron chi connectivity index (χ2n) is 5.48. The fourth-order valence-electron chi connectivity index (χ4n) is 2.15. The van der Waals surface area contributed by atoms with Crippen LogP contribution in [0.3, 0.4) is 0 Å². The molecule has 1 aromatic rings. The Morgan fingerprint density at radius 1 is 1.53 bits per heavy atom. The van der Waals surface area contributed by atoms with Crippen molar-refractivity contribution >= 4 is 11.8 Å². The minimum Gasteiger partial charge on any atom is -0.463 e. The smallest absolute Gasteiger partial charge is 0.376 e. The van der Waals surface area contributed by atoms with Crippen LogP contribution in [0.15, 0.2) is 6.07 Å². The maximum Gasteiger partial charge on any atom is 0.376 e. The number of ether oxygens (including phenoxy) is 1. The molecule has 1 aromatic heterocycles. The summed E-state index contributed by atoms with van der Waals surface area (Å²) in [7, 11) is 1.30. The molecule has 0 saturated heterocycles. The lowest BCUT2D eigenvalue weighted by Crippen LogP contribution is -2.57. The number of nitrogens with zero attached hydrogens (tertiary/aromatic N) is 2. The number of nitrogens with one attached hydrogen (secondary N) is 1. The molecule has 0 aliphatic heterocycles. The van der Waals surface area contributed by atoms with E-state index in [1.807, 2.05) is 13.8 Å². The van der Waals surface area contributed by atoms with Crippen molar-refractivity contribution in [3.05, 3.63) is 17.6 Å². The second-order valence-corrected chi connectivity index (χ2v) is 5.48. The normalized spacial score (nSPS) is 24.5. The molecule has 104 valence electrons. The Morgan fingerprint density at radius 3 is 2.74 bits per heavy atom. The summed E-state index contributed by atoms with van der Waals surface area (Å²) in [5.74, 6) is 0.0696. The Bertz CT molecular complexity index is 502. The van der Waals surface area contributed by atoms with Crippen LogP contribution < -0.4 is 5.32 Å². The van der Waals surface area contributed by atoms with Gasteiger partial charge in [0, 0.05) is 23.2 Å². The first-order valence-corrected chi connectivity index (χ1v) is 6.23. The van der Waals surface area contributed by atoms with Crippen molar-refractivity contribution in [1.29, 1.82) is 0 Å². The van der Waals surface area contributed by atoms with Gasteiger partial charge in [-0.2, -0.15) is 0 Å². The number of carbonyl (C=O) groups is 1. The molecule has 0 spiro atoms. The van der Waals surface area contributed by atoms with Crippen LogP contribution in [0.5, 0.6) is 0 Å². The highest BCUT2D eigenvalue weighted by Gasteiger charge is 2.47. The molecular weight excluding hydrogens is 246 g/mol. The number of aliphatic hydroxyl groups excluding tert-OH is 1. The van der Waals surface area contributed by atoms with E-state index >= 15 is 0 Å². The van der Waals surface area contributed by atoms with Gasteiger partial charge in [0.15, 0.2) is 0 Å². The highest BCUT2D eigenvalue weighted by molar-refractivity contribution is 5.85. The first kappa shape index (κ1) is 13.7. The summed E-state index contributed by atoms with van der Waals surface area (Å²) in [6.45, 7) is 5.78. The van der Waals surface area contributed by atoms with E-state index in [1.54, 1.807) is 13.0 Å². The molecule has 2 rings (SSSR count). The topological polar surface area (TPSA) is 84.3 Å². The van der Waals surface area contributed by atoms with Crippen LogP contribution in [0.2, 0.25) is 0 Å². The van der Waals surface area contributed by atoms with Crippen molar-refractivity contribution in [2.24, 2.45) is 5.41 Å². The summed E-state index contributed by atoms with van der Waals surface area (Å²) in [6.07, 6.45) is 0.358. The third kappa shape index (κ3) is 2.53. The van der Waals surface area contributed by atoms with Crippen molar-refractivity contribution < 1.29 is 14.6 Å². The van der Waals surface area contributed by atoms with Gasteiger partial charge in [-0.1, -0.05) is 13.8 Å². The highest BCUT2D eigenvalue weighted by Crippen LogP contribution is 2.41. The maximum absolute atomic E-state index is 11.5. The van der Waals surface area contributed by atoms with Gasteiger partial charge in [0.25, 0.3) is 0 Å². The first-order valence-electron chi connectivity index (χ1n) is 6.23. The number of methoxy groups -OCH3 is 1. The van der Waals surface area contributed by atoms with Gasteiger partial charge in [-0.3, -0.25) is 0 Å². The van der Waals surface area contributed by atoms with Crippen molar-refractivity contribution in [1.82, 2.24) is 9.97 Å². The minimum absolute atomic E-state index is 0.0441. The van der Waals surface area contributed by atoms with Crippen LogP contribution in [0, 0.1) is 12.3 Å². The molecule has 2 N–H and O–H groups in total. The average Bonchev–Trinajstić information content (AvgIpc) is 2.36. The molecule has 6 heteroatoms. The molecule has 6 nitrogen and oxygen atoms in total. The summed E-state index contributed by atoms with van der Waals surface area (Å²) >= 11 is 0. The fraction of sp³-hybridized carbons (Fsp3) is 0.615. The van der Waals surface area contributed by atoms with E-state index in [1.165, 1.54) is 7.11 Å². The average molecular weight is 265 g/mol. The Morgan fingerprint density at radius 2 is 2.21 bits per heavy atom. The highest BCUT2D eigenvalue weighted by atomic mass is 16.5. The van der Waals surface area contributed by atoms with Gasteiger partial charge in [0.2, 0.25) is 5.82 Å². The summed E-state index contributed by atoms with van der Waals surface area (Å²) in [5.41, 5.74) is 0.486. The van der Waals surface area contributed by atoms with E-state index in [9.17, 15) is 9.90 Å². The van der Waals surface area contributed by atoms with E-state index in [2.05, 4.69) is 20.0 Å². The molecule has 1 fully saturated rings. The molecule has 1 aliphatic carbocycles. The van der Waals surface area contributed by atoms with E-state index in [-0.39, 0.29) is 23.4 Å². The zero-order valence-electron chi connectivity index (χ0n) is 11.6. The fourth-order valence-corrected chi connectivity index (χ4v) is 2.15. The largest absolute Gasteiger partial charge is 0.463 e. The number of hydrogen-bond donors (Lipinski definition) is 2. The van der Waals surface area contributed by atoms with Crippen LogP contribution in [-0.2, 0) is 4.74 Å². The molecule has 1 heterocycles. The predicted molar refractivity (Wildman–Crippen MR) is 69.9 cm³/mol. The first-order chi connectivity index (χ1) is 8.84. The number of rotatable bonds is 3. The quantitative estimate of drug-likeness (QED) is 0.797. The van der Waals surface area contributed by atoms with Gasteiger partial charge in [-0.25, -0.2) is 14.8 Å². The number of aromatic nitrogens is 2. The zero-order chi connectivity index (χ0) is 14.2. The predicted octanol–water partition coefficient (Wildman–Crippen LogP) is 1.14. The zero-order valence-corrected chi connectivity index (χ0v) is 11.6. The summed E-state index contributed by atoms with van der Waals surface area (Å²) < 4.78 is 4.62. The van der Waals surface area contributed by atoms with E-state index in [4.69, 9.17) is 0 Å². The van der Waals surface area contributed by atoms with Crippen molar-refractivity contribution in [3.8, 4) is 0 Å². The van der Waals surface area contributed by atoms with E-state index < -0.39 is 5.97 Å². The molecule has 2 atom stereocenters. The number of aryl methyl sites for hydroxylation is 1. The third-order valence-electron chi connectivity index (χ3n) is 3.76. The molecule has 1 aliphatic rings. The van der Waals surface area contributed by atoms with Crippen molar-refractivity contribution in [2.75, 3.05) is 12.4 Å². The molecule has 0 radical (unpaired) electrons. The van der Waals surface area contributed by atoms with E-state index in [0.717, 1.165) is 0 Å². The van der Waals surface area contributed by atoms with Crippen LogP contribution in [0.25, 0.3) is 0 Å². The number of anilines is 1. The van der Waals surface area contributed by atoms with Crippen LogP contribution in [0.4, 0.5) is 5.82 Å². The molecule has 0 bridgehead atoms. The molecule has 0 amide bonds. The molecule has 1 saturated carbocycles. The van der Waals surface area contributed by atoms with Gasteiger partial charge in [0.1, 0.15) is 5.82 Å². The lowest BCUT2D eigenvalue weighted by molar-refractivity contribution is -0.0511. The van der Waals surface area contributed by atoms with Gasteiger partial charge in [0.05, 0.1) is 13.2 Å². The van der Waals surface area contributed by atoms with Crippen LogP contribution >= 0.6 is 0 Å². The van der Waals surface area contributed by atoms with Crippen LogP contribution in [0.1, 0.15) is 36.6 Å². The Hall–Kier alpha value is -1.69. The Kier molecular flexibility index (Phi) is 3.45. The summed E-state index contributed by atoms with van der Waals surface area (Å²) in [6, 6.07) is 1.90. The lowest BCUT2D eigenvalue weighted by Gasteiger charge is -2.49. The maximum atomic E-state index is 11.5. The number of carbonyl (C=O) groups excluding carboxylic acids is 1. The summed E-state index contributed by atoms with van der Waals surface area (Å²) in [4.78, 5) is 19.6. The van der Waals surface area contributed by atoms with Crippen molar-refractivity contribution in [3.63, 3.8) is 0 Å². The molecular formula is C13H19N3O3. The molecule has 2 unspecified atom stereocenters. The SMILES string of the molecule is COC(=O)c1nc(C)cc(NC2CC(O)C2(C)C)n1. The summed E-state index contributed by atoms with van der Waals surface area (Å²) in [5, 5.41) is 13.0. The standard InChI is InChI=1S/C13H19N3O3/c1-7-5-10(16-11(14-7)12(18)19-4)15-8-6-9(17)13(8,2)3/h5,8-9,17H,6H2,1-4H3,(H,14,15,16). The number of aliphatic hydroxyl groups is 1. The van der Waals surface area contributed by atoms with Gasteiger partial charge in [-0.05, 0) is 13.3 Å². The second kappa shape index (κ2) is 4.77. The Balaban J connectivity index is 2.17. The minimum atomic E-state index is -0.556. The molecule has 0 aromatic carbocycles.